The van der Waals surface area contributed by atoms with Crippen molar-refractivity contribution >= 4 is 43.3 Å². The largest absolute Gasteiger partial charge is 0.477 e. The maximum Gasteiger partial charge on any atom is 0.345 e. The zero-order valence-electron chi connectivity index (χ0n) is 10.6. The fourth-order valence-corrected chi connectivity index (χ4v) is 5.22. The van der Waals surface area contributed by atoms with Crippen molar-refractivity contribution in [3.63, 3.8) is 0 Å². The van der Waals surface area contributed by atoms with E-state index in [9.17, 15) is 13.2 Å². The highest BCUT2D eigenvalue weighted by Crippen LogP contribution is 2.31. The molecule has 1 aromatic rings. The molecule has 0 bridgehead atoms. The Kier molecular flexibility index (Phi) is 5.97. The molecule has 0 spiro atoms. The molecule has 0 radical (unpaired) electrons. The molecule has 1 atom stereocenters. The molecule has 5 nitrogen and oxygen atoms in total. The van der Waals surface area contributed by atoms with E-state index in [2.05, 4.69) is 20.7 Å². The molecular weight excluding hydrogens is 354 g/mol. The Balaban J connectivity index is 2.91. The van der Waals surface area contributed by atoms with Crippen molar-refractivity contribution < 1.29 is 18.3 Å². The first-order chi connectivity index (χ1) is 8.77. The third-order valence-electron chi connectivity index (χ3n) is 2.50. The van der Waals surface area contributed by atoms with E-state index in [4.69, 9.17) is 5.11 Å². The van der Waals surface area contributed by atoms with Crippen LogP contribution in [-0.4, -0.2) is 25.5 Å². The lowest BCUT2D eigenvalue weighted by molar-refractivity contribution is 0.0702. The van der Waals surface area contributed by atoms with E-state index in [-0.39, 0.29) is 15.8 Å². The number of unbranched alkanes of at least 4 members (excludes halogenated alkanes) is 1. The fraction of sp³-hybridized carbons (Fsp3) is 0.545. The minimum atomic E-state index is -3.68. The Morgan fingerprint density at radius 3 is 2.68 bits per heavy atom. The maximum absolute atomic E-state index is 12.1. The topological polar surface area (TPSA) is 83.5 Å². The molecule has 0 fully saturated rings. The van der Waals surface area contributed by atoms with Crippen molar-refractivity contribution in [2.24, 2.45) is 0 Å². The number of aromatic carboxylic acids is 1. The lowest BCUT2D eigenvalue weighted by Gasteiger charge is -2.13. The summed E-state index contributed by atoms with van der Waals surface area (Å²) in [5.41, 5.74) is 0. The second kappa shape index (κ2) is 6.83. The van der Waals surface area contributed by atoms with Gasteiger partial charge in [-0.2, -0.15) is 0 Å². The number of thiophene rings is 1. The van der Waals surface area contributed by atoms with Crippen LogP contribution in [0.15, 0.2) is 14.7 Å². The van der Waals surface area contributed by atoms with E-state index in [0.717, 1.165) is 30.6 Å². The quantitative estimate of drug-likeness (QED) is 0.773. The number of rotatable bonds is 7. The molecular formula is C11H16BrNO4S2. The smallest absolute Gasteiger partial charge is 0.345 e. The van der Waals surface area contributed by atoms with Crippen LogP contribution in [0.4, 0.5) is 0 Å². The van der Waals surface area contributed by atoms with Crippen LogP contribution in [-0.2, 0) is 10.0 Å². The fourth-order valence-electron chi connectivity index (χ4n) is 1.54. The van der Waals surface area contributed by atoms with Crippen LogP contribution in [0, 0.1) is 0 Å². The SMILES string of the molecule is CCCCC(C)NS(=O)(=O)c1cc(C(=O)O)sc1Br. The maximum atomic E-state index is 12.1. The highest BCUT2D eigenvalue weighted by molar-refractivity contribution is 9.11. The normalized spacial score (nSPS) is 13.4. The average Bonchev–Trinajstić information content (AvgIpc) is 2.69. The number of carbonyl (C=O) groups is 1. The van der Waals surface area contributed by atoms with Gasteiger partial charge in [0.05, 0.1) is 3.79 Å². The first kappa shape index (κ1) is 16.6. The highest BCUT2D eigenvalue weighted by Gasteiger charge is 2.24. The summed E-state index contributed by atoms with van der Waals surface area (Å²) in [5, 5.41) is 8.86. The van der Waals surface area contributed by atoms with Crippen LogP contribution in [0.25, 0.3) is 0 Å². The molecule has 0 aliphatic heterocycles. The second-order valence-electron chi connectivity index (χ2n) is 4.22. The molecule has 0 aromatic carbocycles. The second-order valence-corrected chi connectivity index (χ2v) is 8.27. The van der Waals surface area contributed by atoms with Gasteiger partial charge in [-0.25, -0.2) is 17.9 Å². The number of nitrogens with one attached hydrogen (secondary N) is 1. The molecule has 1 heterocycles. The predicted octanol–water partition coefficient (Wildman–Crippen LogP) is 3.07. The minimum Gasteiger partial charge on any atom is -0.477 e. The summed E-state index contributed by atoms with van der Waals surface area (Å²) < 4.78 is 27.1. The van der Waals surface area contributed by atoms with Gasteiger partial charge >= 0.3 is 5.97 Å². The van der Waals surface area contributed by atoms with E-state index < -0.39 is 16.0 Å². The molecule has 8 heteroatoms. The summed E-state index contributed by atoms with van der Waals surface area (Å²) in [6.45, 7) is 3.83. The lowest BCUT2D eigenvalue weighted by atomic mass is 10.2. The molecule has 0 saturated heterocycles. The number of carboxylic acids is 1. The molecule has 1 unspecified atom stereocenters. The first-order valence-electron chi connectivity index (χ1n) is 5.83. The van der Waals surface area contributed by atoms with Crippen molar-refractivity contribution in [3.05, 3.63) is 14.7 Å². The molecule has 0 aliphatic carbocycles. The summed E-state index contributed by atoms with van der Waals surface area (Å²) in [6.07, 6.45) is 2.69. The number of carboxylic acid groups (broad SMARTS) is 1. The van der Waals surface area contributed by atoms with Gasteiger partial charge in [0.1, 0.15) is 9.77 Å². The summed E-state index contributed by atoms with van der Waals surface area (Å²) in [7, 11) is -3.68. The monoisotopic (exact) mass is 369 g/mol. The van der Waals surface area contributed by atoms with Crippen LogP contribution in [0.2, 0.25) is 0 Å². The molecule has 0 saturated carbocycles. The van der Waals surface area contributed by atoms with Gasteiger partial charge in [0, 0.05) is 6.04 Å². The first-order valence-corrected chi connectivity index (χ1v) is 8.92. The number of halogens is 1. The van der Waals surface area contributed by atoms with Crippen LogP contribution >= 0.6 is 27.3 Å². The van der Waals surface area contributed by atoms with Crippen LogP contribution < -0.4 is 4.72 Å². The standard InChI is InChI=1S/C11H16BrNO4S2/c1-3-4-5-7(2)13-19(16,17)9-6-8(11(14)15)18-10(9)12/h6-7,13H,3-5H2,1-2H3,(H,14,15). The number of hydrogen-bond donors (Lipinski definition) is 2. The van der Waals surface area contributed by atoms with Crippen molar-refractivity contribution in [2.75, 3.05) is 0 Å². The average molecular weight is 370 g/mol. The zero-order chi connectivity index (χ0) is 14.6. The molecule has 108 valence electrons. The Bertz CT molecular complexity index is 553. The number of sulfonamides is 1. The minimum absolute atomic E-state index is 0.00605. The van der Waals surface area contributed by atoms with E-state index in [1.165, 1.54) is 6.07 Å². The Hall–Kier alpha value is -0.440. The third kappa shape index (κ3) is 4.55. The van der Waals surface area contributed by atoms with Gasteiger partial charge in [0.25, 0.3) is 0 Å². The summed E-state index contributed by atoms with van der Waals surface area (Å²) in [6, 6.07) is 0.997. The van der Waals surface area contributed by atoms with E-state index in [0.29, 0.717) is 3.79 Å². The molecule has 19 heavy (non-hydrogen) atoms. The van der Waals surface area contributed by atoms with Crippen molar-refractivity contribution in [1.29, 1.82) is 0 Å². The highest BCUT2D eigenvalue weighted by atomic mass is 79.9. The van der Waals surface area contributed by atoms with Gasteiger partial charge in [0.15, 0.2) is 0 Å². The van der Waals surface area contributed by atoms with Gasteiger partial charge in [-0.15, -0.1) is 11.3 Å². The lowest BCUT2D eigenvalue weighted by Crippen LogP contribution is -2.32. The van der Waals surface area contributed by atoms with Gasteiger partial charge in [-0.1, -0.05) is 19.8 Å². The third-order valence-corrected chi connectivity index (χ3v) is 6.33. The van der Waals surface area contributed by atoms with E-state index in [1.54, 1.807) is 6.92 Å². The van der Waals surface area contributed by atoms with Crippen molar-refractivity contribution in [1.82, 2.24) is 4.72 Å². The van der Waals surface area contributed by atoms with E-state index >= 15 is 0 Å². The van der Waals surface area contributed by atoms with Gasteiger partial charge in [-0.3, -0.25) is 0 Å². The Morgan fingerprint density at radius 2 is 2.21 bits per heavy atom. The molecule has 2 N–H and O–H groups in total. The van der Waals surface area contributed by atoms with Crippen molar-refractivity contribution in [3.8, 4) is 0 Å². The van der Waals surface area contributed by atoms with Crippen LogP contribution in [0.5, 0.6) is 0 Å². The predicted molar refractivity (Wildman–Crippen MR) is 78.3 cm³/mol. The van der Waals surface area contributed by atoms with Crippen molar-refractivity contribution in [2.45, 2.75) is 44.0 Å². The summed E-state index contributed by atoms with van der Waals surface area (Å²) in [4.78, 5) is 10.8. The van der Waals surface area contributed by atoms with Gasteiger partial charge in [0.2, 0.25) is 10.0 Å². The summed E-state index contributed by atoms with van der Waals surface area (Å²) in [5.74, 6) is -1.13. The van der Waals surface area contributed by atoms with E-state index in [1.807, 2.05) is 6.92 Å². The van der Waals surface area contributed by atoms with Gasteiger partial charge in [-0.05, 0) is 35.3 Å². The van der Waals surface area contributed by atoms with Gasteiger partial charge < -0.3 is 5.11 Å². The van der Waals surface area contributed by atoms with Crippen LogP contribution in [0.1, 0.15) is 42.8 Å². The molecule has 0 aliphatic rings. The molecule has 1 rings (SSSR count). The Morgan fingerprint density at radius 1 is 1.58 bits per heavy atom. The van der Waals surface area contributed by atoms with Crippen LogP contribution in [0.3, 0.4) is 0 Å². The number of hydrogen-bond acceptors (Lipinski definition) is 4. The zero-order valence-corrected chi connectivity index (χ0v) is 13.9. The molecule has 0 amide bonds. The Labute approximate surface area is 125 Å². The molecule has 1 aromatic heterocycles. The summed E-state index contributed by atoms with van der Waals surface area (Å²) >= 11 is 3.99.